The first-order chi connectivity index (χ1) is 15.3. The lowest BCUT2D eigenvalue weighted by molar-refractivity contribution is -0.109. The highest BCUT2D eigenvalue weighted by Gasteiger charge is 2.01. The van der Waals surface area contributed by atoms with Crippen LogP contribution in [0.5, 0.6) is 5.75 Å². The highest BCUT2D eigenvalue weighted by molar-refractivity contribution is 5.99. The lowest BCUT2D eigenvalue weighted by Gasteiger charge is -2.09. The Kier molecular flexibility index (Phi) is 17.3. The molecule has 1 aromatic rings. The second-order valence-electron chi connectivity index (χ2n) is 6.38. The maximum absolute atomic E-state index is 10.3. The SMILES string of the molecule is CCCOCCOCCOCCOCCOCCOc1cccc(/C(C)=N/NC=O)c1. The molecule has 1 amide bonds. The van der Waals surface area contributed by atoms with Gasteiger partial charge in [-0.1, -0.05) is 19.1 Å². The predicted molar refractivity (Wildman–Crippen MR) is 118 cm³/mol. The van der Waals surface area contributed by atoms with Crippen molar-refractivity contribution >= 4 is 12.1 Å². The molecular weight excluding hydrogens is 404 g/mol. The number of hydrazone groups is 1. The average molecular weight is 441 g/mol. The maximum atomic E-state index is 10.3. The van der Waals surface area contributed by atoms with E-state index in [1.807, 2.05) is 31.2 Å². The molecule has 1 N–H and O–H groups in total. The van der Waals surface area contributed by atoms with Crippen molar-refractivity contribution in [3.63, 3.8) is 0 Å². The van der Waals surface area contributed by atoms with Crippen LogP contribution in [0, 0.1) is 0 Å². The normalized spacial score (nSPS) is 11.5. The van der Waals surface area contributed by atoms with Gasteiger partial charge in [-0.3, -0.25) is 4.79 Å². The van der Waals surface area contributed by atoms with Gasteiger partial charge < -0.3 is 28.4 Å². The van der Waals surface area contributed by atoms with Crippen LogP contribution in [0.4, 0.5) is 0 Å². The van der Waals surface area contributed by atoms with Gasteiger partial charge in [0.05, 0.1) is 65.2 Å². The summed E-state index contributed by atoms with van der Waals surface area (Å²) < 4.78 is 32.7. The highest BCUT2D eigenvalue weighted by atomic mass is 16.6. The topological polar surface area (TPSA) is 96.8 Å². The molecule has 0 aliphatic heterocycles. The molecule has 0 fully saturated rings. The van der Waals surface area contributed by atoms with Crippen LogP contribution in [0.2, 0.25) is 0 Å². The van der Waals surface area contributed by atoms with Crippen molar-refractivity contribution in [2.24, 2.45) is 5.10 Å². The van der Waals surface area contributed by atoms with Gasteiger partial charge >= 0.3 is 0 Å². The van der Waals surface area contributed by atoms with E-state index in [1.54, 1.807) is 0 Å². The summed E-state index contributed by atoms with van der Waals surface area (Å²) in [6.45, 7) is 9.93. The second kappa shape index (κ2) is 19.9. The van der Waals surface area contributed by atoms with E-state index in [0.29, 0.717) is 83.9 Å². The van der Waals surface area contributed by atoms with E-state index in [0.717, 1.165) is 18.6 Å². The van der Waals surface area contributed by atoms with Crippen molar-refractivity contribution in [1.29, 1.82) is 0 Å². The third-order valence-electron chi connectivity index (χ3n) is 3.87. The summed E-state index contributed by atoms with van der Waals surface area (Å²) in [7, 11) is 0. The Morgan fingerprint density at radius 2 is 1.35 bits per heavy atom. The highest BCUT2D eigenvalue weighted by Crippen LogP contribution is 2.14. The van der Waals surface area contributed by atoms with E-state index in [9.17, 15) is 4.79 Å². The minimum Gasteiger partial charge on any atom is -0.491 e. The first kappa shape index (κ1) is 27.0. The summed E-state index contributed by atoms with van der Waals surface area (Å²) in [6.07, 6.45) is 1.55. The average Bonchev–Trinajstić information content (AvgIpc) is 2.79. The zero-order valence-electron chi connectivity index (χ0n) is 18.7. The van der Waals surface area contributed by atoms with Crippen LogP contribution >= 0.6 is 0 Å². The van der Waals surface area contributed by atoms with Gasteiger partial charge in [-0.15, -0.1) is 0 Å². The van der Waals surface area contributed by atoms with Gasteiger partial charge in [-0.25, -0.2) is 5.43 Å². The number of hydrogen-bond acceptors (Lipinski definition) is 8. The Bertz CT molecular complexity index is 599. The molecule has 0 spiro atoms. The Balaban J connectivity index is 1.91. The molecule has 31 heavy (non-hydrogen) atoms. The molecule has 1 aromatic carbocycles. The first-order valence-electron chi connectivity index (χ1n) is 10.6. The summed E-state index contributed by atoms with van der Waals surface area (Å²) >= 11 is 0. The molecule has 0 aliphatic rings. The van der Waals surface area contributed by atoms with Crippen molar-refractivity contribution in [3.8, 4) is 5.75 Å². The van der Waals surface area contributed by atoms with Gasteiger partial charge in [0.2, 0.25) is 6.41 Å². The monoisotopic (exact) mass is 440 g/mol. The molecular formula is C22H36N2O7. The van der Waals surface area contributed by atoms with Crippen LogP contribution in [0.15, 0.2) is 29.4 Å². The van der Waals surface area contributed by atoms with Gasteiger partial charge in [0.1, 0.15) is 12.4 Å². The number of carbonyl (C=O) groups is 1. The molecule has 0 aliphatic carbocycles. The zero-order valence-corrected chi connectivity index (χ0v) is 18.7. The van der Waals surface area contributed by atoms with Crippen LogP contribution in [0.1, 0.15) is 25.8 Å². The lowest BCUT2D eigenvalue weighted by Crippen LogP contribution is -2.14. The summed E-state index contributed by atoms with van der Waals surface area (Å²) in [5, 5.41) is 3.92. The van der Waals surface area contributed by atoms with Crippen molar-refractivity contribution < 1.29 is 33.2 Å². The molecule has 0 saturated carbocycles. The minimum absolute atomic E-state index is 0.429. The van der Waals surface area contributed by atoms with Crippen LogP contribution < -0.4 is 10.2 Å². The molecule has 0 unspecified atom stereocenters. The molecule has 0 heterocycles. The quantitative estimate of drug-likeness (QED) is 0.135. The molecule has 0 aromatic heterocycles. The van der Waals surface area contributed by atoms with E-state index < -0.39 is 0 Å². The molecule has 1 rings (SSSR count). The Morgan fingerprint density at radius 3 is 1.87 bits per heavy atom. The fraction of sp³-hybridized carbons (Fsp3) is 0.636. The van der Waals surface area contributed by atoms with Gasteiger partial charge in [0, 0.05) is 12.2 Å². The number of carbonyl (C=O) groups excluding carboxylic acids is 1. The van der Waals surface area contributed by atoms with E-state index >= 15 is 0 Å². The van der Waals surface area contributed by atoms with E-state index in [2.05, 4.69) is 17.5 Å². The molecule has 9 nitrogen and oxygen atoms in total. The Labute approximate surface area is 185 Å². The molecule has 0 atom stereocenters. The summed E-state index contributed by atoms with van der Waals surface area (Å²) in [4.78, 5) is 10.3. The Hall–Kier alpha value is -2.04. The van der Waals surface area contributed by atoms with Gasteiger partial charge in [-0.2, -0.15) is 5.10 Å². The number of nitrogens with one attached hydrogen (secondary N) is 1. The second-order valence-corrected chi connectivity index (χ2v) is 6.38. The summed E-state index contributed by atoms with van der Waals surface area (Å²) in [5.74, 6) is 0.715. The Morgan fingerprint density at radius 1 is 0.839 bits per heavy atom. The fourth-order valence-electron chi connectivity index (χ4n) is 2.34. The first-order valence-corrected chi connectivity index (χ1v) is 10.6. The van der Waals surface area contributed by atoms with Crippen LogP contribution in [-0.4, -0.2) is 84.8 Å². The van der Waals surface area contributed by atoms with Crippen molar-refractivity contribution in [3.05, 3.63) is 29.8 Å². The third-order valence-corrected chi connectivity index (χ3v) is 3.87. The standard InChI is InChI=1S/C22H36N2O7/c1-3-7-26-8-9-27-10-11-28-12-13-29-14-15-30-16-17-31-22-6-4-5-21(18-22)20(2)24-23-19-25/h4-6,18-19H,3,7-17H2,1-2H3,(H,23,25)/b24-20+. The van der Waals surface area contributed by atoms with E-state index in [1.165, 1.54) is 0 Å². The van der Waals surface area contributed by atoms with Gasteiger partial charge in [-0.05, 0) is 25.5 Å². The molecule has 0 radical (unpaired) electrons. The van der Waals surface area contributed by atoms with Crippen LogP contribution in [0.3, 0.4) is 0 Å². The zero-order chi connectivity index (χ0) is 22.4. The van der Waals surface area contributed by atoms with Crippen LogP contribution in [-0.2, 0) is 28.5 Å². The summed E-state index contributed by atoms with van der Waals surface area (Å²) in [5.41, 5.74) is 3.85. The largest absolute Gasteiger partial charge is 0.491 e. The predicted octanol–water partition coefficient (Wildman–Crippen LogP) is 2.03. The lowest BCUT2D eigenvalue weighted by atomic mass is 10.1. The van der Waals surface area contributed by atoms with E-state index in [-0.39, 0.29) is 0 Å². The smallest absolute Gasteiger partial charge is 0.227 e. The number of benzene rings is 1. The van der Waals surface area contributed by atoms with Gasteiger partial charge in [0.15, 0.2) is 0 Å². The van der Waals surface area contributed by atoms with Crippen molar-refractivity contribution in [2.75, 3.05) is 72.7 Å². The number of hydrogen-bond donors (Lipinski definition) is 1. The molecule has 0 bridgehead atoms. The minimum atomic E-state index is 0.429. The molecule has 176 valence electrons. The third kappa shape index (κ3) is 15.4. The number of amides is 1. The van der Waals surface area contributed by atoms with Gasteiger partial charge in [0.25, 0.3) is 0 Å². The van der Waals surface area contributed by atoms with E-state index in [4.69, 9.17) is 28.4 Å². The number of nitrogens with zero attached hydrogens (tertiary/aromatic N) is 1. The fourth-order valence-corrected chi connectivity index (χ4v) is 2.34. The number of ether oxygens (including phenoxy) is 6. The summed E-state index contributed by atoms with van der Waals surface area (Å²) in [6, 6.07) is 7.49. The van der Waals surface area contributed by atoms with Crippen molar-refractivity contribution in [2.45, 2.75) is 20.3 Å². The maximum Gasteiger partial charge on any atom is 0.227 e. The van der Waals surface area contributed by atoms with Crippen LogP contribution in [0.25, 0.3) is 0 Å². The molecule has 0 saturated heterocycles. The van der Waals surface area contributed by atoms with Crippen molar-refractivity contribution in [1.82, 2.24) is 5.43 Å². The number of rotatable bonds is 21. The molecule has 9 heteroatoms.